The van der Waals surface area contributed by atoms with Gasteiger partial charge in [0.2, 0.25) is 5.91 Å². The summed E-state index contributed by atoms with van der Waals surface area (Å²) in [5, 5.41) is 6.16. The van der Waals surface area contributed by atoms with E-state index in [0.29, 0.717) is 12.3 Å². The summed E-state index contributed by atoms with van der Waals surface area (Å²) < 4.78 is 5.26. The van der Waals surface area contributed by atoms with Gasteiger partial charge in [0.25, 0.3) is 0 Å². The van der Waals surface area contributed by atoms with Crippen molar-refractivity contribution in [1.82, 2.24) is 15.5 Å². The molecule has 1 fully saturated rings. The van der Waals surface area contributed by atoms with Gasteiger partial charge >= 0.3 is 0 Å². The van der Waals surface area contributed by atoms with Crippen LogP contribution in [0.1, 0.15) is 24.8 Å². The molecule has 0 atom stereocenters. The number of rotatable bonds is 6. The summed E-state index contributed by atoms with van der Waals surface area (Å²) in [6, 6.07) is 8.14. The Labute approximate surface area is 150 Å². The van der Waals surface area contributed by atoms with Crippen molar-refractivity contribution >= 4 is 11.9 Å². The van der Waals surface area contributed by atoms with Crippen molar-refractivity contribution in [2.45, 2.75) is 25.7 Å². The van der Waals surface area contributed by atoms with E-state index in [1.165, 1.54) is 5.56 Å². The molecule has 0 unspecified atom stereocenters. The molecule has 6 nitrogen and oxygen atoms in total. The standard InChI is InChI=1S/C19H30N4O2/c1-20-18(24)14-16-8-11-23(12-9-16)19(21-2)22-10-7-15-5-4-6-17(13-15)25-3/h4-6,13,16H,7-12,14H2,1-3H3,(H,20,24)(H,21,22). The number of nitrogens with zero attached hydrogens (tertiary/aromatic N) is 2. The molecule has 1 aliphatic rings. The molecule has 0 spiro atoms. The molecule has 0 aromatic heterocycles. The normalized spacial score (nSPS) is 15.8. The van der Waals surface area contributed by atoms with Crippen LogP contribution in [0.2, 0.25) is 0 Å². The number of methoxy groups -OCH3 is 1. The Kier molecular flexibility index (Phi) is 7.57. The molecule has 1 saturated heterocycles. The van der Waals surface area contributed by atoms with Crippen molar-refractivity contribution in [2.24, 2.45) is 10.9 Å². The molecule has 0 saturated carbocycles. The van der Waals surface area contributed by atoms with E-state index in [-0.39, 0.29) is 5.91 Å². The van der Waals surface area contributed by atoms with E-state index in [4.69, 9.17) is 4.74 Å². The van der Waals surface area contributed by atoms with Crippen molar-refractivity contribution in [3.8, 4) is 5.75 Å². The Hall–Kier alpha value is -2.24. The first kappa shape index (κ1) is 19.1. The number of guanidine groups is 1. The summed E-state index contributed by atoms with van der Waals surface area (Å²) in [4.78, 5) is 18.2. The molecule has 1 aliphatic heterocycles. The smallest absolute Gasteiger partial charge is 0.220 e. The lowest BCUT2D eigenvalue weighted by Crippen LogP contribution is -2.46. The number of benzene rings is 1. The third-order valence-electron chi connectivity index (χ3n) is 4.71. The van der Waals surface area contributed by atoms with E-state index in [1.807, 2.05) is 19.2 Å². The zero-order valence-corrected chi connectivity index (χ0v) is 15.5. The molecule has 2 N–H and O–H groups in total. The molecular formula is C19H30N4O2. The summed E-state index contributed by atoms with van der Waals surface area (Å²) in [5.41, 5.74) is 1.24. The lowest BCUT2D eigenvalue weighted by molar-refractivity contribution is -0.121. The quantitative estimate of drug-likeness (QED) is 0.607. The van der Waals surface area contributed by atoms with Gasteiger partial charge in [-0.1, -0.05) is 12.1 Å². The first-order chi connectivity index (χ1) is 12.2. The zero-order valence-electron chi connectivity index (χ0n) is 15.5. The first-order valence-corrected chi connectivity index (χ1v) is 8.95. The van der Waals surface area contributed by atoms with Crippen LogP contribution in [-0.4, -0.2) is 57.6 Å². The van der Waals surface area contributed by atoms with Crippen molar-refractivity contribution in [3.63, 3.8) is 0 Å². The van der Waals surface area contributed by atoms with Gasteiger partial charge in [-0.05, 0) is 42.9 Å². The predicted octanol–water partition coefficient (Wildman–Crippen LogP) is 1.66. The number of aliphatic imine (C=N–C) groups is 1. The molecule has 2 rings (SSSR count). The van der Waals surface area contributed by atoms with E-state index in [2.05, 4.69) is 32.7 Å². The molecule has 1 aromatic carbocycles. The van der Waals surface area contributed by atoms with Crippen molar-refractivity contribution in [3.05, 3.63) is 29.8 Å². The van der Waals surface area contributed by atoms with Crippen LogP contribution in [0.15, 0.2) is 29.3 Å². The average Bonchev–Trinajstić information content (AvgIpc) is 2.66. The van der Waals surface area contributed by atoms with Crippen molar-refractivity contribution < 1.29 is 9.53 Å². The second kappa shape index (κ2) is 9.91. The van der Waals surface area contributed by atoms with E-state index < -0.39 is 0 Å². The van der Waals surface area contributed by atoms with Gasteiger partial charge in [0.05, 0.1) is 7.11 Å². The van der Waals surface area contributed by atoms with Gasteiger partial charge in [0.1, 0.15) is 5.75 Å². The maximum atomic E-state index is 11.5. The number of carbonyl (C=O) groups excluding carboxylic acids is 1. The molecule has 6 heteroatoms. The topological polar surface area (TPSA) is 66.0 Å². The van der Waals surface area contributed by atoms with E-state index in [1.54, 1.807) is 14.2 Å². The molecule has 1 amide bonds. The maximum Gasteiger partial charge on any atom is 0.220 e. The van der Waals surface area contributed by atoms with Crippen LogP contribution in [0.25, 0.3) is 0 Å². The van der Waals surface area contributed by atoms with E-state index in [9.17, 15) is 4.79 Å². The van der Waals surface area contributed by atoms with Gasteiger partial charge in [0.15, 0.2) is 5.96 Å². The van der Waals surface area contributed by atoms with Crippen LogP contribution in [0.3, 0.4) is 0 Å². The second-order valence-electron chi connectivity index (χ2n) is 6.38. The number of piperidine rings is 1. The number of hydrogen-bond acceptors (Lipinski definition) is 3. The van der Waals surface area contributed by atoms with Crippen LogP contribution >= 0.6 is 0 Å². The third kappa shape index (κ3) is 5.96. The summed E-state index contributed by atoms with van der Waals surface area (Å²) >= 11 is 0. The zero-order chi connectivity index (χ0) is 18.1. The third-order valence-corrected chi connectivity index (χ3v) is 4.71. The monoisotopic (exact) mass is 346 g/mol. The van der Waals surface area contributed by atoms with Crippen LogP contribution < -0.4 is 15.4 Å². The Morgan fingerprint density at radius 3 is 2.76 bits per heavy atom. The largest absolute Gasteiger partial charge is 0.497 e. The van der Waals surface area contributed by atoms with Crippen LogP contribution in [0, 0.1) is 5.92 Å². The van der Waals surface area contributed by atoms with Gasteiger partial charge in [-0.25, -0.2) is 0 Å². The van der Waals surface area contributed by atoms with Gasteiger partial charge in [-0.3, -0.25) is 9.79 Å². The minimum Gasteiger partial charge on any atom is -0.497 e. The Morgan fingerprint density at radius 1 is 1.36 bits per heavy atom. The Morgan fingerprint density at radius 2 is 2.12 bits per heavy atom. The highest BCUT2D eigenvalue weighted by atomic mass is 16.5. The molecule has 0 bridgehead atoms. The first-order valence-electron chi connectivity index (χ1n) is 8.95. The van der Waals surface area contributed by atoms with E-state index >= 15 is 0 Å². The minimum absolute atomic E-state index is 0.138. The number of carbonyl (C=O) groups is 1. The predicted molar refractivity (Wildman–Crippen MR) is 101 cm³/mol. The molecule has 0 radical (unpaired) electrons. The lowest BCUT2D eigenvalue weighted by Gasteiger charge is -2.34. The molecule has 138 valence electrons. The second-order valence-corrected chi connectivity index (χ2v) is 6.38. The summed E-state index contributed by atoms with van der Waals surface area (Å²) in [7, 11) is 5.21. The fourth-order valence-corrected chi connectivity index (χ4v) is 3.19. The van der Waals surface area contributed by atoms with Gasteiger partial charge < -0.3 is 20.3 Å². The molecular weight excluding hydrogens is 316 g/mol. The fraction of sp³-hybridized carbons (Fsp3) is 0.579. The number of amides is 1. The van der Waals surface area contributed by atoms with E-state index in [0.717, 1.165) is 50.6 Å². The van der Waals surface area contributed by atoms with Crippen LogP contribution in [-0.2, 0) is 11.2 Å². The Balaban J connectivity index is 1.76. The Bertz CT molecular complexity index is 581. The van der Waals surface area contributed by atoms with Gasteiger partial charge in [-0.2, -0.15) is 0 Å². The number of likely N-dealkylation sites (tertiary alicyclic amines) is 1. The fourth-order valence-electron chi connectivity index (χ4n) is 3.19. The maximum absolute atomic E-state index is 11.5. The van der Waals surface area contributed by atoms with Crippen molar-refractivity contribution in [1.29, 1.82) is 0 Å². The molecule has 1 aromatic rings. The van der Waals surface area contributed by atoms with Crippen LogP contribution in [0.4, 0.5) is 0 Å². The molecule has 25 heavy (non-hydrogen) atoms. The number of hydrogen-bond donors (Lipinski definition) is 2. The summed E-state index contributed by atoms with van der Waals surface area (Å²) in [5.74, 6) is 2.45. The summed E-state index contributed by atoms with van der Waals surface area (Å²) in [6.07, 6.45) is 3.61. The van der Waals surface area contributed by atoms with Crippen molar-refractivity contribution in [2.75, 3.05) is 40.8 Å². The average molecular weight is 346 g/mol. The number of ether oxygens (including phenoxy) is 1. The number of nitrogens with one attached hydrogen (secondary N) is 2. The highest BCUT2D eigenvalue weighted by molar-refractivity contribution is 5.80. The van der Waals surface area contributed by atoms with Gasteiger partial charge in [0, 0.05) is 40.2 Å². The SMILES string of the molecule is CN=C(NCCc1cccc(OC)c1)N1CCC(CC(=O)NC)CC1. The minimum atomic E-state index is 0.138. The highest BCUT2D eigenvalue weighted by Gasteiger charge is 2.22. The highest BCUT2D eigenvalue weighted by Crippen LogP contribution is 2.20. The van der Waals surface area contributed by atoms with Crippen LogP contribution in [0.5, 0.6) is 5.75 Å². The van der Waals surface area contributed by atoms with Gasteiger partial charge in [-0.15, -0.1) is 0 Å². The molecule has 0 aliphatic carbocycles. The summed E-state index contributed by atoms with van der Waals surface area (Å²) in [6.45, 7) is 2.72. The lowest BCUT2D eigenvalue weighted by atomic mass is 9.93. The molecule has 1 heterocycles.